The molecule has 1 aliphatic rings. The Hall–Kier alpha value is -3.85. The highest BCUT2D eigenvalue weighted by Crippen LogP contribution is 2.42. The smallest absolute Gasteiger partial charge is 0.301 e. The lowest BCUT2D eigenvalue weighted by Crippen LogP contribution is -2.30. The van der Waals surface area contributed by atoms with Gasteiger partial charge in [-0.3, -0.25) is 24.6 Å². The number of halogens is 1. The first-order valence-electron chi connectivity index (χ1n) is 9.11. The molecule has 0 radical (unpaired) electrons. The molecule has 4 rings (SSSR count). The van der Waals surface area contributed by atoms with Crippen LogP contribution in [-0.2, 0) is 9.59 Å². The van der Waals surface area contributed by atoms with Crippen molar-refractivity contribution in [3.63, 3.8) is 0 Å². The van der Waals surface area contributed by atoms with Gasteiger partial charge < -0.3 is 5.11 Å². The molecule has 0 bridgehead atoms. The van der Waals surface area contributed by atoms with Crippen molar-refractivity contribution in [1.29, 1.82) is 0 Å². The summed E-state index contributed by atoms with van der Waals surface area (Å²) in [6.07, 6.45) is 1.47. The van der Waals surface area contributed by atoms with Crippen molar-refractivity contribution < 1.29 is 19.6 Å². The van der Waals surface area contributed by atoms with Gasteiger partial charge in [0.2, 0.25) is 0 Å². The molecule has 3 aromatic rings. The van der Waals surface area contributed by atoms with E-state index in [1.165, 1.54) is 24.4 Å². The lowest BCUT2D eigenvalue weighted by molar-refractivity contribution is -0.384. The maximum atomic E-state index is 13.0. The molecule has 2 heterocycles. The number of aliphatic hydroxyl groups is 1. The van der Waals surface area contributed by atoms with Gasteiger partial charge in [-0.25, -0.2) is 4.98 Å². The molecule has 1 atom stereocenters. The second-order valence-corrected chi connectivity index (χ2v) is 7.64. The van der Waals surface area contributed by atoms with Gasteiger partial charge in [0.05, 0.1) is 16.5 Å². The Labute approximate surface area is 184 Å². The van der Waals surface area contributed by atoms with Crippen LogP contribution in [0.25, 0.3) is 5.76 Å². The number of benzene rings is 2. The highest BCUT2D eigenvalue weighted by Gasteiger charge is 2.47. The van der Waals surface area contributed by atoms with Crippen LogP contribution in [0.2, 0.25) is 0 Å². The Morgan fingerprint density at radius 3 is 2.45 bits per heavy atom. The number of aliphatic hydroxyl groups excluding tert-OH is 1. The summed E-state index contributed by atoms with van der Waals surface area (Å²) in [5.41, 5.74) is 0.281. The number of carbonyl (C=O) groups is 2. The molecular weight excluding hydrogens is 466 g/mol. The first-order chi connectivity index (χ1) is 14.9. The van der Waals surface area contributed by atoms with Crippen molar-refractivity contribution in [1.82, 2.24) is 4.98 Å². The van der Waals surface area contributed by atoms with Gasteiger partial charge in [0.1, 0.15) is 11.6 Å². The number of ketones is 1. The van der Waals surface area contributed by atoms with E-state index in [1.807, 2.05) is 0 Å². The molecule has 2 aromatic carbocycles. The fourth-order valence-electron chi connectivity index (χ4n) is 3.45. The van der Waals surface area contributed by atoms with Crippen molar-refractivity contribution in [3.05, 3.63) is 104 Å². The third-order valence-electron chi connectivity index (χ3n) is 4.85. The van der Waals surface area contributed by atoms with Gasteiger partial charge in [0.15, 0.2) is 0 Å². The van der Waals surface area contributed by atoms with Crippen LogP contribution in [0.4, 0.5) is 11.5 Å². The third kappa shape index (κ3) is 3.71. The Balaban J connectivity index is 1.97. The average molecular weight is 480 g/mol. The van der Waals surface area contributed by atoms with Crippen LogP contribution in [0.5, 0.6) is 0 Å². The zero-order valence-electron chi connectivity index (χ0n) is 15.8. The van der Waals surface area contributed by atoms with E-state index in [4.69, 9.17) is 0 Å². The van der Waals surface area contributed by atoms with Crippen molar-refractivity contribution in [3.8, 4) is 0 Å². The van der Waals surface area contributed by atoms with E-state index in [1.54, 1.807) is 48.5 Å². The van der Waals surface area contributed by atoms with Gasteiger partial charge in [-0.1, -0.05) is 42.5 Å². The van der Waals surface area contributed by atoms with Crippen LogP contribution in [0.3, 0.4) is 0 Å². The van der Waals surface area contributed by atoms with Gasteiger partial charge in [0.25, 0.3) is 11.5 Å². The molecule has 8 nitrogen and oxygen atoms in total. The van der Waals surface area contributed by atoms with E-state index in [9.17, 15) is 24.8 Å². The molecule has 1 saturated heterocycles. The van der Waals surface area contributed by atoms with Crippen LogP contribution in [-0.4, -0.2) is 26.7 Å². The number of amides is 1. The molecule has 154 valence electrons. The molecule has 0 aliphatic carbocycles. The maximum absolute atomic E-state index is 13.0. The number of hydrogen-bond acceptors (Lipinski definition) is 6. The van der Waals surface area contributed by atoms with Gasteiger partial charge in [-0.15, -0.1) is 0 Å². The number of nitrogens with zero attached hydrogens (tertiary/aromatic N) is 3. The molecular formula is C22H14BrN3O5. The number of nitro groups is 1. The summed E-state index contributed by atoms with van der Waals surface area (Å²) < 4.78 is 0.670. The summed E-state index contributed by atoms with van der Waals surface area (Å²) in [5.74, 6) is -1.98. The van der Waals surface area contributed by atoms with Gasteiger partial charge in [-0.2, -0.15) is 0 Å². The van der Waals surface area contributed by atoms with E-state index < -0.39 is 22.7 Å². The molecule has 1 aromatic heterocycles. The fraction of sp³-hybridized carbons (Fsp3) is 0.0455. The molecule has 31 heavy (non-hydrogen) atoms. The predicted molar refractivity (Wildman–Crippen MR) is 116 cm³/mol. The number of carbonyl (C=O) groups excluding carboxylic acids is 2. The maximum Gasteiger partial charge on any atom is 0.301 e. The first kappa shape index (κ1) is 20.4. The number of aromatic nitrogens is 1. The van der Waals surface area contributed by atoms with Crippen LogP contribution in [0.15, 0.2) is 83.0 Å². The minimum atomic E-state index is -1.09. The fourth-order valence-corrected chi connectivity index (χ4v) is 3.69. The highest BCUT2D eigenvalue weighted by molar-refractivity contribution is 9.10. The molecule has 1 fully saturated rings. The first-order valence-corrected chi connectivity index (χ1v) is 9.90. The lowest BCUT2D eigenvalue weighted by atomic mass is 9.95. The molecule has 1 amide bonds. The standard InChI is InChI=1S/C22H14BrN3O5/c23-15-9-10-17(24-12-15)25-19(14-7-4-8-16(11-14)26(30)31)18(21(28)22(25)29)20(27)13-5-2-1-3-6-13/h1-12,19,27H/t19-/m1/s1. The summed E-state index contributed by atoms with van der Waals surface area (Å²) in [7, 11) is 0. The predicted octanol–water partition coefficient (Wildman–Crippen LogP) is 4.38. The topological polar surface area (TPSA) is 114 Å². The summed E-state index contributed by atoms with van der Waals surface area (Å²) in [4.78, 5) is 42.1. The van der Waals surface area contributed by atoms with Crippen LogP contribution >= 0.6 is 15.9 Å². The van der Waals surface area contributed by atoms with E-state index in [2.05, 4.69) is 20.9 Å². The minimum absolute atomic E-state index is 0.165. The second kappa shape index (κ2) is 8.11. The minimum Gasteiger partial charge on any atom is -0.507 e. The van der Waals surface area contributed by atoms with Gasteiger partial charge >= 0.3 is 5.91 Å². The summed E-state index contributed by atoms with van der Waals surface area (Å²) in [6.45, 7) is 0. The average Bonchev–Trinajstić information content (AvgIpc) is 3.05. The molecule has 0 unspecified atom stereocenters. The molecule has 1 N–H and O–H groups in total. The normalized spacial score (nSPS) is 17.7. The van der Waals surface area contributed by atoms with Gasteiger partial charge in [0, 0.05) is 28.4 Å². The highest BCUT2D eigenvalue weighted by atomic mass is 79.9. The number of nitro benzene ring substituents is 1. The van der Waals surface area contributed by atoms with E-state index >= 15 is 0 Å². The van der Waals surface area contributed by atoms with Crippen molar-refractivity contribution >= 4 is 44.9 Å². The Morgan fingerprint density at radius 1 is 1.06 bits per heavy atom. The Morgan fingerprint density at radius 2 is 1.81 bits per heavy atom. The lowest BCUT2D eigenvalue weighted by Gasteiger charge is -2.24. The summed E-state index contributed by atoms with van der Waals surface area (Å²) >= 11 is 3.28. The monoisotopic (exact) mass is 479 g/mol. The zero-order valence-corrected chi connectivity index (χ0v) is 17.4. The number of Topliss-reactive ketones (excluding diaryl/α,β-unsaturated/α-hetero) is 1. The van der Waals surface area contributed by atoms with Crippen LogP contribution < -0.4 is 4.90 Å². The van der Waals surface area contributed by atoms with Gasteiger partial charge in [-0.05, 0) is 33.6 Å². The summed E-state index contributed by atoms with van der Waals surface area (Å²) in [6, 6.07) is 16.0. The summed E-state index contributed by atoms with van der Waals surface area (Å²) in [5, 5.41) is 22.2. The van der Waals surface area contributed by atoms with Crippen molar-refractivity contribution in [2.24, 2.45) is 0 Å². The molecule has 1 aliphatic heterocycles. The SMILES string of the molecule is O=C1C(=O)N(c2ccc(Br)cn2)[C@H](c2cccc([N+](=O)[O-])c2)C1=C(O)c1ccccc1. The van der Waals surface area contributed by atoms with Crippen molar-refractivity contribution in [2.75, 3.05) is 4.90 Å². The van der Waals surface area contributed by atoms with Crippen LogP contribution in [0.1, 0.15) is 17.2 Å². The second-order valence-electron chi connectivity index (χ2n) is 6.72. The quantitative estimate of drug-likeness (QED) is 0.195. The molecule has 0 spiro atoms. The Kier molecular flexibility index (Phi) is 5.35. The van der Waals surface area contributed by atoms with Crippen LogP contribution in [0, 0.1) is 10.1 Å². The van der Waals surface area contributed by atoms with E-state index in [-0.39, 0.29) is 22.8 Å². The number of non-ortho nitro benzene ring substituents is 1. The molecule has 9 heteroatoms. The number of pyridine rings is 1. The Bertz CT molecular complexity index is 1230. The largest absolute Gasteiger partial charge is 0.507 e. The number of hydrogen-bond donors (Lipinski definition) is 1. The zero-order chi connectivity index (χ0) is 22.1. The van der Waals surface area contributed by atoms with E-state index in [0.29, 0.717) is 15.6 Å². The third-order valence-corrected chi connectivity index (χ3v) is 5.32. The number of anilines is 1. The number of rotatable bonds is 4. The molecule has 0 saturated carbocycles. The van der Waals surface area contributed by atoms with Crippen molar-refractivity contribution in [2.45, 2.75) is 6.04 Å². The van der Waals surface area contributed by atoms with E-state index in [0.717, 1.165) is 4.90 Å².